The lowest BCUT2D eigenvalue weighted by Crippen LogP contribution is -3.08. The lowest BCUT2D eigenvalue weighted by molar-refractivity contribution is -0.886. The molecular formula is C20H28N3O3+. The molecule has 6 nitrogen and oxygen atoms in total. The average Bonchev–Trinajstić information content (AvgIpc) is 3.06. The number of quaternary nitrogens is 1. The van der Waals surface area contributed by atoms with E-state index in [0.717, 1.165) is 54.9 Å². The molecule has 0 saturated carbocycles. The average molecular weight is 358 g/mol. The number of anilines is 1. The normalized spacial score (nSPS) is 15.8. The van der Waals surface area contributed by atoms with Crippen molar-refractivity contribution in [2.75, 3.05) is 51.8 Å². The van der Waals surface area contributed by atoms with Crippen molar-refractivity contribution in [1.29, 1.82) is 0 Å². The number of methoxy groups -OCH3 is 1. The Kier molecular flexibility index (Phi) is 5.83. The standard InChI is InChI=1S/C20H27N3O3/c1-16-4-7-19(26-16)14-21(2)15-20(24)23-12-10-22(11-13-23)17-5-8-18(25-3)9-6-17/h4-9H,10-15H2,1-3H3/p+1. The Morgan fingerprint density at radius 2 is 1.81 bits per heavy atom. The molecule has 1 fully saturated rings. The van der Waals surface area contributed by atoms with Crippen LogP contribution in [0, 0.1) is 6.92 Å². The van der Waals surface area contributed by atoms with Crippen LogP contribution < -0.4 is 14.5 Å². The van der Waals surface area contributed by atoms with E-state index in [1.54, 1.807) is 7.11 Å². The van der Waals surface area contributed by atoms with Crippen molar-refractivity contribution >= 4 is 11.6 Å². The molecule has 1 aliphatic heterocycles. The molecule has 1 aliphatic rings. The number of rotatable bonds is 6. The molecule has 140 valence electrons. The number of nitrogens with zero attached hydrogens (tertiary/aromatic N) is 2. The number of piperazine rings is 1. The van der Waals surface area contributed by atoms with Crippen LogP contribution in [0.25, 0.3) is 0 Å². The van der Waals surface area contributed by atoms with Crippen LogP contribution in [0.4, 0.5) is 5.69 Å². The first kappa shape index (κ1) is 18.3. The van der Waals surface area contributed by atoms with Crippen LogP contribution in [-0.2, 0) is 11.3 Å². The second-order valence-electron chi connectivity index (χ2n) is 6.89. The Hall–Kier alpha value is -2.47. The molecule has 1 N–H and O–H groups in total. The molecule has 3 rings (SSSR count). The van der Waals surface area contributed by atoms with Crippen LogP contribution in [-0.4, -0.2) is 57.7 Å². The molecule has 1 unspecified atom stereocenters. The fourth-order valence-electron chi connectivity index (χ4n) is 3.32. The zero-order valence-corrected chi connectivity index (χ0v) is 15.8. The number of hydrogen-bond donors (Lipinski definition) is 1. The molecule has 1 aromatic carbocycles. The Morgan fingerprint density at radius 3 is 2.38 bits per heavy atom. The van der Waals surface area contributed by atoms with E-state index < -0.39 is 0 Å². The molecule has 2 aromatic rings. The van der Waals surface area contributed by atoms with E-state index >= 15 is 0 Å². The summed E-state index contributed by atoms with van der Waals surface area (Å²) in [6, 6.07) is 12.0. The second kappa shape index (κ2) is 8.27. The first-order valence-corrected chi connectivity index (χ1v) is 9.08. The van der Waals surface area contributed by atoms with E-state index in [1.165, 1.54) is 5.69 Å². The molecule has 2 heterocycles. The van der Waals surface area contributed by atoms with Crippen molar-refractivity contribution in [1.82, 2.24) is 4.90 Å². The minimum atomic E-state index is 0.208. The first-order chi connectivity index (χ1) is 12.5. The molecule has 1 amide bonds. The molecule has 1 aromatic heterocycles. The quantitative estimate of drug-likeness (QED) is 0.836. The van der Waals surface area contributed by atoms with E-state index in [4.69, 9.17) is 9.15 Å². The summed E-state index contributed by atoms with van der Waals surface area (Å²) in [5.41, 5.74) is 1.17. The lowest BCUT2D eigenvalue weighted by Gasteiger charge is -2.36. The molecule has 6 heteroatoms. The van der Waals surface area contributed by atoms with Gasteiger partial charge in [-0.25, -0.2) is 0 Å². The maximum Gasteiger partial charge on any atom is 0.277 e. The van der Waals surface area contributed by atoms with E-state index in [0.29, 0.717) is 6.54 Å². The summed E-state index contributed by atoms with van der Waals surface area (Å²) in [4.78, 5) is 18.0. The van der Waals surface area contributed by atoms with Gasteiger partial charge in [0.2, 0.25) is 0 Å². The van der Waals surface area contributed by atoms with Gasteiger partial charge >= 0.3 is 0 Å². The Bertz CT molecular complexity index is 718. The van der Waals surface area contributed by atoms with E-state index in [2.05, 4.69) is 17.0 Å². The highest BCUT2D eigenvalue weighted by atomic mass is 16.5. The Balaban J connectivity index is 1.46. The summed E-state index contributed by atoms with van der Waals surface area (Å²) in [5.74, 6) is 2.91. The largest absolute Gasteiger partial charge is 0.497 e. The maximum atomic E-state index is 12.6. The van der Waals surface area contributed by atoms with Gasteiger partial charge in [-0.2, -0.15) is 0 Å². The van der Waals surface area contributed by atoms with Gasteiger partial charge in [0.05, 0.1) is 14.2 Å². The number of likely N-dealkylation sites (N-methyl/N-ethyl adjacent to an activating group) is 1. The van der Waals surface area contributed by atoms with Gasteiger partial charge in [0.1, 0.15) is 18.1 Å². The summed E-state index contributed by atoms with van der Waals surface area (Å²) in [7, 11) is 3.70. The molecule has 0 spiro atoms. The third-order valence-corrected chi connectivity index (χ3v) is 4.79. The number of ether oxygens (including phenoxy) is 1. The van der Waals surface area contributed by atoms with Gasteiger partial charge in [-0.3, -0.25) is 4.79 Å². The molecule has 26 heavy (non-hydrogen) atoms. The fraction of sp³-hybridized carbons (Fsp3) is 0.450. The molecule has 0 radical (unpaired) electrons. The van der Waals surface area contributed by atoms with Crippen LogP contribution in [0.15, 0.2) is 40.8 Å². The van der Waals surface area contributed by atoms with Crippen LogP contribution in [0.5, 0.6) is 5.75 Å². The maximum absolute atomic E-state index is 12.6. The van der Waals surface area contributed by atoms with Crippen LogP contribution in [0.2, 0.25) is 0 Å². The summed E-state index contributed by atoms with van der Waals surface area (Å²) < 4.78 is 10.8. The smallest absolute Gasteiger partial charge is 0.277 e. The summed E-state index contributed by atoms with van der Waals surface area (Å²) in [5, 5.41) is 0. The minimum Gasteiger partial charge on any atom is -0.497 e. The van der Waals surface area contributed by atoms with Gasteiger partial charge in [-0.15, -0.1) is 0 Å². The number of nitrogens with one attached hydrogen (secondary N) is 1. The number of carbonyl (C=O) groups is 1. The number of furan rings is 1. The third-order valence-electron chi connectivity index (χ3n) is 4.79. The fourth-order valence-corrected chi connectivity index (χ4v) is 3.32. The SMILES string of the molecule is COc1ccc(N2CCN(C(=O)C[NH+](C)Cc3ccc(C)o3)CC2)cc1. The van der Waals surface area contributed by atoms with E-state index in [1.807, 2.05) is 43.1 Å². The van der Waals surface area contributed by atoms with Crippen molar-refractivity contribution < 1.29 is 18.8 Å². The zero-order valence-electron chi connectivity index (χ0n) is 15.8. The highest BCUT2D eigenvalue weighted by molar-refractivity contribution is 5.77. The molecular weight excluding hydrogens is 330 g/mol. The molecule has 0 bridgehead atoms. The predicted octanol–water partition coefficient (Wildman–Crippen LogP) is 0.960. The summed E-state index contributed by atoms with van der Waals surface area (Å²) in [6.07, 6.45) is 0. The van der Waals surface area contributed by atoms with Crippen molar-refractivity contribution in [2.45, 2.75) is 13.5 Å². The van der Waals surface area contributed by atoms with Gasteiger partial charge in [0.15, 0.2) is 12.3 Å². The van der Waals surface area contributed by atoms with Crippen LogP contribution >= 0.6 is 0 Å². The van der Waals surface area contributed by atoms with Crippen LogP contribution in [0.1, 0.15) is 11.5 Å². The summed E-state index contributed by atoms with van der Waals surface area (Å²) in [6.45, 7) is 6.39. The molecule has 0 aliphatic carbocycles. The van der Waals surface area contributed by atoms with Crippen LogP contribution in [0.3, 0.4) is 0 Å². The summed E-state index contributed by atoms with van der Waals surface area (Å²) >= 11 is 0. The first-order valence-electron chi connectivity index (χ1n) is 9.08. The number of amides is 1. The van der Waals surface area contributed by atoms with Gasteiger partial charge in [0.25, 0.3) is 5.91 Å². The van der Waals surface area contributed by atoms with Gasteiger partial charge in [0, 0.05) is 31.9 Å². The highest BCUT2D eigenvalue weighted by Crippen LogP contribution is 2.20. The Labute approximate surface area is 154 Å². The predicted molar refractivity (Wildman–Crippen MR) is 101 cm³/mol. The third kappa shape index (κ3) is 4.58. The van der Waals surface area contributed by atoms with Gasteiger partial charge in [-0.1, -0.05) is 0 Å². The lowest BCUT2D eigenvalue weighted by atomic mass is 10.2. The van der Waals surface area contributed by atoms with Crippen molar-refractivity contribution in [3.05, 3.63) is 47.9 Å². The number of benzene rings is 1. The van der Waals surface area contributed by atoms with Gasteiger partial charge in [-0.05, 0) is 43.3 Å². The van der Waals surface area contributed by atoms with E-state index in [9.17, 15) is 4.79 Å². The minimum absolute atomic E-state index is 0.208. The van der Waals surface area contributed by atoms with Crippen molar-refractivity contribution in [3.63, 3.8) is 0 Å². The number of carbonyl (C=O) groups excluding carboxylic acids is 1. The van der Waals surface area contributed by atoms with Crippen molar-refractivity contribution in [2.24, 2.45) is 0 Å². The van der Waals surface area contributed by atoms with Gasteiger partial charge < -0.3 is 23.9 Å². The van der Waals surface area contributed by atoms with E-state index in [-0.39, 0.29) is 5.91 Å². The topological polar surface area (TPSA) is 50.4 Å². The van der Waals surface area contributed by atoms with Crippen molar-refractivity contribution in [3.8, 4) is 5.75 Å². The number of hydrogen-bond acceptors (Lipinski definition) is 4. The highest BCUT2D eigenvalue weighted by Gasteiger charge is 2.23. The monoisotopic (exact) mass is 358 g/mol. The molecule has 1 atom stereocenters. The second-order valence-corrected chi connectivity index (χ2v) is 6.89. The number of aryl methyl sites for hydroxylation is 1. The molecule has 1 saturated heterocycles. The Morgan fingerprint density at radius 1 is 1.12 bits per heavy atom. The zero-order chi connectivity index (χ0) is 18.5.